The van der Waals surface area contributed by atoms with E-state index in [2.05, 4.69) is 13.0 Å². The maximum Gasteiger partial charge on any atom is 1.00 e. The Morgan fingerprint density at radius 1 is 0.759 bits per heavy atom. The van der Waals surface area contributed by atoms with Crippen LogP contribution >= 0.6 is 0 Å². The van der Waals surface area contributed by atoms with Gasteiger partial charge in [0.2, 0.25) is 0 Å². The summed E-state index contributed by atoms with van der Waals surface area (Å²) >= 11 is 0. The molecule has 0 aliphatic carbocycles. The SMILES string of the molecule is CCCCCCCCCCCCCCCCCCC=CC=CN(C)CC(=O)O.[H-].[K+]. The molecule has 4 heteroatoms. The van der Waals surface area contributed by atoms with Crippen molar-refractivity contribution in [3.63, 3.8) is 0 Å². The third-order valence-electron chi connectivity index (χ3n) is 5.20. The summed E-state index contributed by atoms with van der Waals surface area (Å²) in [6.45, 7) is 2.33. The van der Waals surface area contributed by atoms with Gasteiger partial charge in [0, 0.05) is 7.05 Å². The van der Waals surface area contributed by atoms with Crippen molar-refractivity contribution in [2.45, 2.75) is 116 Å². The average molecular weight is 434 g/mol. The van der Waals surface area contributed by atoms with Crippen molar-refractivity contribution in [3.8, 4) is 0 Å². The van der Waals surface area contributed by atoms with Crippen molar-refractivity contribution in [2.75, 3.05) is 13.6 Å². The molecule has 0 saturated heterocycles. The van der Waals surface area contributed by atoms with Crippen LogP contribution in [0.25, 0.3) is 0 Å². The number of nitrogens with zero attached hydrogens (tertiary/aromatic N) is 1. The quantitative estimate of drug-likeness (QED) is 0.160. The van der Waals surface area contributed by atoms with Crippen LogP contribution in [0.5, 0.6) is 0 Å². The first-order valence-electron chi connectivity index (χ1n) is 11.9. The molecule has 0 bridgehead atoms. The Morgan fingerprint density at radius 3 is 1.59 bits per heavy atom. The van der Waals surface area contributed by atoms with Crippen LogP contribution in [-0.2, 0) is 4.79 Å². The summed E-state index contributed by atoms with van der Waals surface area (Å²) in [5.74, 6) is -0.802. The van der Waals surface area contributed by atoms with Crippen molar-refractivity contribution >= 4 is 5.97 Å². The van der Waals surface area contributed by atoms with E-state index in [-0.39, 0.29) is 59.4 Å². The molecule has 3 nitrogen and oxygen atoms in total. The van der Waals surface area contributed by atoms with Crippen LogP contribution in [-0.4, -0.2) is 29.6 Å². The van der Waals surface area contributed by atoms with E-state index in [9.17, 15) is 4.79 Å². The Balaban J connectivity index is -0.00000364. The third kappa shape index (κ3) is 28.4. The number of carboxylic acids is 1. The summed E-state index contributed by atoms with van der Waals surface area (Å²) in [6, 6.07) is 0. The first kappa shape index (κ1) is 31.6. The van der Waals surface area contributed by atoms with Crippen LogP contribution in [0.4, 0.5) is 0 Å². The van der Waals surface area contributed by atoms with Crippen molar-refractivity contribution in [3.05, 3.63) is 24.4 Å². The molecule has 0 amide bonds. The topological polar surface area (TPSA) is 40.5 Å². The number of unbranched alkanes of at least 4 members (excludes halogenated alkanes) is 16. The van der Waals surface area contributed by atoms with E-state index in [0.717, 1.165) is 6.42 Å². The van der Waals surface area contributed by atoms with Gasteiger partial charge in [0.05, 0.1) is 0 Å². The van der Waals surface area contributed by atoms with Gasteiger partial charge in [-0.1, -0.05) is 115 Å². The summed E-state index contributed by atoms with van der Waals surface area (Å²) < 4.78 is 0. The minimum Gasteiger partial charge on any atom is -1.00 e. The fourth-order valence-corrected chi connectivity index (χ4v) is 3.45. The fourth-order valence-electron chi connectivity index (χ4n) is 3.45. The second-order valence-electron chi connectivity index (χ2n) is 8.17. The predicted molar refractivity (Wildman–Crippen MR) is 124 cm³/mol. The normalized spacial score (nSPS) is 11.2. The van der Waals surface area contributed by atoms with Crippen LogP contribution in [0.1, 0.15) is 118 Å². The molecule has 0 aliphatic rings. The van der Waals surface area contributed by atoms with Gasteiger partial charge < -0.3 is 11.4 Å². The second-order valence-corrected chi connectivity index (χ2v) is 8.17. The predicted octanol–water partition coefficient (Wildman–Crippen LogP) is 4.84. The molecule has 166 valence electrons. The average Bonchev–Trinajstić information content (AvgIpc) is 2.66. The number of hydrogen-bond donors (Lipinski definition) is 1. The Bertz CT molecular complexity index is 403. The minimum atomic E-state index is -0.802. The first-order chi connectivity index (χ1) is 13.7. The van der Waals surface area contributed by atoms with Gasteiger partial charge in [-0.15, -0.1) is 0 Å². The van der Waals surface area contributed by atoms with Crippen LogP contribution in [0.3, 0.4) is 0 Å². The monoisotopic (exact) mass is 433 g/mol. The number of likely N-dealkylation sites (N-methyl/N-ethyl adjacent to an activating group) is 1. The van der Waals surface area contributed by atoms with E-state index in [1.807, 2.05) is 12.2 Å². The molecule has 0 aromatic heterocycles. The van der Waals surface area contributed by atoms with Gasteiger partial charge in [-0.05, 0) is 25.1 Å². The molecule has 29 heavy (non-hydrogen) atoms. The standard InChI is InChI=1S/C25H47NO2.K.H/c1-3-4-5-6-7-8-9-10-11-12-13-14-15-16-17-18-19-20-21-22-23-26(2)24-25(27)28;;/h20-23H,3-19,24H2,1-2H3,(H,27,28);;/q;+1;-1. The van der Waals surface area contributed by atoms with E-state index in [1.165, 1.54) is 103 Å². The van der Waals surface area contributed by atoms with Crippen molar-refractivity contribution in [1.82, 2.24) is 4.90 Å². The molecule has 0 saturated carbocycles. The number of rotatable bonds is 21. The zero-order valence-electron chi connectivity index (χ0n) is 20.8. The smallest absolute Gasteiger partial charge is 1.00 e. The summed E-state index contributed by atoms with van der Waals surface area (Å²) in [4.78, 5) is 12.2. The molecule has 0 rings (SSSR count). The largest absolute Gasteiger partial charge is 1.00 e. The Labute approximate surface area is 225 Å². The number of aliphatic carboxylic acids is 1. The molecule has 0 aromatic carbocycles. The van der Waals surface area contributed by atoms with Gasteiger partial charge in [0.1, 0.15) is 6.54 Å². The van der Waals surface area contributed by atoms with E-state index in [1.54, 1.807) is 18.1 Å². The van der Waals surface area contributed by atoms with Crippen molar-refractivity contribution in [2.24, 2.45) is 0 Å². The maximum absolute atomic E-state index is 10.5. The molecular formula is C25H48KNO2. The molecule has 0 radical (unpaired) electrons. The Morgan fingerprint density at radius 2 is 1.17 bits per heavy atom. The number of hydrogen-bond acceptors (Lipinski definition) is 2. The zero-order chi connectivity index (χ0) is 20.7. The number of allylic oxidation sites excluding steroid dienone is 3. The molecular weight excluding hydrogens is 385 g/mol. The van der Waals surface area contributed by atoms with Gasteiger partial charge in [0.25, 0.3) is 0 Å². The number of carboxylic acid groups (broad SMARTS) is 1. The molecule has 0 atom stereocenters. The molecule has 0 aromatic rings. The van der Waals surface area contributed by atoms with E-state index < -0.39 is 5.97 Å². The molecule has 0 heterocycles. The van der Waals surface area contributed by atoms with E-state index in [4.69, 9.17) is 5.11 Å². The van der Waals surface area contributed by atoms with Crippen molar-refractivity contribution in [1.29, 1.82) is 0 Å². The maximum atomic E-state index is 10.5. The summed E-state index contributed by atoms with van der Waals surface area (Å²) in [6.07, 6.45) is 31.5. The Kier molecular flexibility index (Phi) is 28.8. The Hall–Kier alpha value is 0.386. The van der Waals surface area contributed by atoms with Crippen LogP contribution in [0.2, 0.25) is 0 Å². The molecule has 0 unspecified atom stereocenters. The van der Waals surface area contributed by atoms with Gasteiger partial charge >= 0.3 is 57.4 Å². The van der Waals surface area contributed by atoms with Gasteiger partial charge in [-0.2, -0.15) is 0 Å². The van der Waals surface area contributed by atoms with E-state index >= 15 is 0 Å². The molecule has 0 fully saturated rings. The minimum absolute atomic E-state index is 0. The van der Waals surface area contributed by atoms with Crippen molar-refractivity contribution < 1.29 is 62.7 Å². The molecule has 1 N–H and O–H groups in total. The van der Waals surface area contributed by atoms with Crippen LogP contribution < -0.4 is 51.4 Å². The number of carbonyl (C=O) groups is 1. The third-order valence-corrected chi connectivity index (χ3v) is 5.20. The fraction of sp³-hybridized carbons (Fsp3) is 0.800. The molecule has 0 aliphatic heterocycles. The van der Waals surface area contributed by atoms with Crippen LogP contribution in [0.15, 0.2) is 24.4 Å². The van der Waals surface area contributed by atoms with E-state index in [0.29, 0.717) is 0 Å². The first-order valence-corrected chi connectivity index (χ1v) is 11.9. The van der Waals surface area contributed by atoms with Crippen LogP contribution in [0, 0.1) is 0 Å². The summed E-state index contributed by atoms with van der Waals surface area (Å²) in [5.41, 5.74) is 0. The van der Waals surface area contributed by atoms with Gasteiger partial charge in [0.15, 0.2) is 0 Å². The van der Waals surface area contributed by atoms with Gasteiger partial charge in [-0.25, -0.2) is 0 Å². The summed E-state index contributed by atoms with van der Waals surface area (Å²) in [5, 5.41) is 8.66. The zero-order valence-corrected chi connectivity index (χ0v) is 23.0. The second kappa shape index (κ2) is 26.4. The summed E-state index contributed by atoms with van der Waals surface area (Å²) in [7, 11) is 1.77. The molecule has 0 spiro atoms. The van der Waals surface area contributed by atoms with Gasteiger partial charge in [-0.3, -0.25) is 4.79 Å².